The molecule has 14 heavy (non-hydrogen) atoms. The molecule has 2 rings (SSSR count). The SMILES string of the molecule is CC(C)(C)[C@H]1CCc2noc(N)c2C1. The summed E-state index contributed by atoms with van der Waals surface area (Å²) < 4.78 is 5.01. The van der Waals surface area contributed by atoms with Crippen LogP contribution in [-0.2, 0) is 12.8 Å². The summed E-state index contributed by atoms with van der Waals surface area (Å²) in [5, 5.41) is 3.97. The number of nitrogens with two attached hydrogens (primary N) is 1. The fourth-order valence-electron chi connectivity index (χ4n) is 2.17. The Morgan fingerprint density at radius 2 is 2.14 bits per heavy atom. The molecule has 78 valence electrons. The molecule has 0 aliphatic heterocycles. The van der Waals surface area contributed by atoms with Crippen LogP contribution in [0.2, 0.25) is 0 Å². The van der Waals surface area contributed by atoms with E-state index in [-0.39, 0.29) is 0 Å². The first-order valence-corrected chi connectivity index (χ1v) is 5.21. The molecule has 2 N–H and O–H groups in total. The van der Waals surface area contributed by atoms with E-state index >= 15 is 0 Å². The molecule has 1 heterocycles. The van der Waals surface area contributed by atoms with Gasteiger partial charge in [-0.25, -0.2) is 0 Å². The van der Waals surface area contributed by atoms with Crippen molar-refractivity contribution in [2.75, 3.05) is 5.73 Å². The summed E-state index contributed by atoms with van der Waals surface area (Å²) in [6, 6.07) is 0. The average Bonchev–Trinajstić information content (AvgIpc) is 2.46. The van der Waals surface area contributed by atoms with Gasteiger partial charge in [0.05, 0.1) is 5.69 Å². The maximum absolute atomic E-state index is 5.74. The van der Waals surface area contributed by atoms with Crippen LogP contribution in [0.5, 0.6) is 0 Å². The molecule has 3 nitrogen and oxygen atoms in total. The number of aryl methyl sites for hydroxylation is 1. The highest BCUT2D eigenvalue weighted by Gasteiger charge is 2.31. The maximum Gasteiger partial charge on any atom is 0.225 e. The van der Waals surface area contributed by atoms with E-state index in [2.05, 4.69) is 25.9 Å². The van der Waals surface area contributed by atoms with Crippen LogP contribution in [0.4, 0.5) is 5.88 Å². The molecule has 0 fully saturated rings. The van der Waals surface area contributed by atoms with Gasteiger partial charge in [0.25, 0.3) is 0 Å². The van der Waals surface area contributed by atoms with Crippen molar-refractivity contribution in [3.63, 3.8) is 0 Å². The number of hydrogen-bond donors (Lipinski definition) is 1. The molecule has 0 saturated heterocycles. The van der Waals surface area contributed by atoms with Crippen molar-refractivity contribution >= 4 is 5.88 Å². The van der Waals surface area contributed by atoms with Crippen LogP contribution in [0, 0.1) is 11.3 Å². The third-order valence-electron chi connectivity index (χ3n) is 3.30. The molecule has 3 heteroatoms. The van der Waals surface area contributed by atoms with Crippen LogP contribution < -0.4 is 5.73 Å². The van der Waals surface area contributed by atoms with Gasteiger partial charge in [0.15, 0.2) is 0 Å². The zero-order valence-corrected chi connectivity index (χ0v) is 9.13. The summed E-state index contributed by atoms with van der Waals surface area (Å²) in [5.74, 6) is 1.21. The van der Waals surface area contributed by atoms with E-state index in [0.717, 1.165) is 24.1 Å². The molecule has 1 atom stereocenters. The number of hydrogen-bond acceptors (Lipinski definition) is 3. The number of nitrogen functional groups attached to an aromatic ring is 1. The Morgan fingerprint density at radius 3 is 2.79 bits per heavy atom. The summed E-state index contributed by atoms with van der Waals surface area (Å²) in [6.07, 6.45) is 3.23. The summed E-state index contributed by atoms with van der Waals surface area (Å²) in [6.45, 7) is 6.85. The average molecular weight is 194 g/mol. The first-order chi connectivity index (χ1) is 6.48. The van der Waals surface area contributed by atoms with Gasteiger partial charge in [-0.15, -0.1) is 0 Å². The van der Waals surface area contributed by atoms with Gasteiger partial charge in [-0.1, -0.05) is 25.9 Å². The zero-order chi connectivity index (χ0) is 10.3. The molecule has 1 aliphatic carbocycles. The quantitative estimate of drug-likeness (QED) is 0.690. The minimum absolute atomic E-state index is 0.349. The van der Waals surface area contributed by atoms with Crippen LogP contribution in [-0.4, -0.2) is 5.16 Å². The Morgan fingerprint density at radius 1 is 1.43 bits per heavy atom. The summed E-state index contributed by atoms with van der Waals surface area (Å²) >= 11 is 0. The van der Waals surface area contributed by atoms with Gasteiger partial charge in [0, 0.05) is 5.56 Å². The van der Waals surface area contributed by atoms with E-state index in [1.54, 1.807) is 0 Å². The molecular weight excluding hydrogens is 176 g/mol. The Bertz CT molecular complexity index is 336. The fourth-order valence-corrected chi connectivity index (χ4v) is 2.17. The predicted molar refractivity (Wildman–Crippen MR) is 55.9 cm³/mol. The standard InChI is InChI=1S/C11H18N2O/c1-11(2,3)7-4-5-9-8(6-7)10(12)14-13-9/h7H,4-6,12H2,1-3H3/t7-/m0/s1. The second kappa shape index (κ2) is 3.01. The lowest BCUT2D eigenvalue weighted by Gasteiger charge is -2.33. The molecule has 0 radical (unpaired) electrons. The largest absolute Gasteiger partial charge is 0.367 e. The number of nitrogens with zero attached hydrogens (tertiary/aromatic N) is 1. The topological polar surface area (TPSA) is 52.0 Å². The minimum Gasteiger partial charge on any atom is -0.367 e. The van der Waals surface area contributed by atoms with Gasteiger partial charge in [-0.3, -0.25) is 0 Å². The molecule has 1 aromatic rings. The second-order valence-corrected chi connectivity index (χ2v) is 5.28. The molecule has 0 aromatic carbocycles. The third kappa shape index (κ3) is 1.51. The van der Waals surface area contributed by atoms with E-state index < -0.39 is 0 Å². The van der Waals surface area contributed by atoms with Crippen LogP contribution in [0.3, 0.4) is 0 Å². The summed E-state index contributed by atoms with van der Waals surface area (Å²) in [5.41, 5.74) is 8.31. The van der Waals surface area contributed by atoms with Gasteiger partial charge < -0.3 is 10.3 Å². The van der Waals surface area contributed by atoms with Crippen LogP contribution in [0.25, 0.3) is 0 Å². The van der Waals surface area contributed by atoms with Crippen LogP contribution in [0.1, 0.15) is 38.4 Å². The van der Waals surface area contributed by atoms with Crippen LogP contribution >= 0.6 is 0 Å². The number of rotatable bonds is 0. The predicted octanol–water partition coefficient (Wildman–Crippen LogP) is 2.41. The normalized spacial score (nSPS) is 22.1. The van der Waals surface area contributed by atoms with E-state index in [1.807, 2.05) is 0 Å². The monoisotopic (exact) mass is 194 g/mol. The Kier molecular flexibility index (Phi) is 2.05. The van der Waals surface area contributed by atoms with Crippen molar-refractivity contribution in [3.05, 3.63) is 11.3 Å². The van der Waals surface area contributed by atoms with Gasteiger partial charge in [0.2, 0.25) is 5.88 Å². The summed E-state index contributed by atoms with van der Waals surface area (Å²) in [4.78, 5) is 0. The van der Waals surface area contributed by atoms with Crippen molar-refractivity contribution in [1.29, 1.82) is 0 Å². The first-order valence-electron chi connectivity index (χ1n) is 5.21. The Hall–Kier alpha value is -0.990. The Balaban J connectivity index is 2.24. The first kappa shape index (κ1) is 9.56. The van der Waals surface area contributed by atoms with E-state index in [4.69, 9.17) is 10.3 Å². The molecule has 1 aliphatic rings. The van der Waals surface area contributed by atoms with E-state index in [0.29, 0.717) is 17.2 Å². The van der Waals surface area contributed by atoms with Crippen molar-refractivity contribution < 1.29 is 4.52 Å². The smallest absolute Gasteiger partial charge is 0.225 e. The molecule has 1 aromatic heterocycles. The molecule has 0 saturated carbocycles. The zero-order valence-electron chi connectivity index (χ0n) is 9.13. The molecular formula is C11H18N2O. The summed E-state index contributed by atoms with van der Waals surface area (Å²) in [7, 11) is 0. The maximum atomic E-state index is 5.74. The second-order valence-electron chi connectivity index (χ2n) is 5.28. The highest BCUT2D eigenvalue weighted by Crippen LogP contribution is 2.38. The van der Waals surface area contributed by atoms with Gasteiger partial charge in [-0.2, -0.15) is 0 Å². The van der Waals surface area contributed by atoms with Crippen molar-refractivity contribution in [1.82, 2.24) is 5.16 Å². The van der Waals surface area contributed by atoms with Crippen LogP contribution in [0.15, 0.2) is 4.52 Å². The molecule has 0 spiro atoms. The van der Waals surface area contributed by atoms with Crippen molar-refractivity contribution in [2.45, 2.75) is 40.0 Å². The Labute approximate surface area is 84.7 Å². The van der Waals surface area contributed by atoms with Crippen molar-refractivity contribution in [2.24, 2.45) is 11.3 Å². The van der Waals surface area contributed by atoms with Gasteiger partial charge in [-0.05, 0) is 30.6 Å². The molecule has 0 unspecified atom stereocenters. The molecule has 0 bridgehead atoms. The van der Waals surface area contributed by atoms with Crippen molar-refractivity contribution in [3.8, 4) is 0 Å². The minimum atomic E-state index is 0.349. The number of fused-ring (bicyclic) bond motifs is 1. The molecule has 0 amide bonds. The van der Waals surface area contributed by atoms with Gasteiger partial charge >= 0.3 is 0 Å². The van der Waals surface area contributed by atoms with E-state index in [9.17, 15) is 0 Å². The lowest BCUT2D eigenvalue weighted by atomic mass is 9.72. The third-order valence-corrected chi connectivity index (χ3v) is 3.30. The fraction of sp³-hybridized carbons (Fsp3) is 0.727. The highest BCUT2D eigenvalue weighted by molar-refractivity contribution is 5.40. The number of anilines is 1. The lowest BCUT2D eigenvalue weighted by Crippen LogP contribution is -2.26. The number of aromatic nitrogens is 1. The van der Waals surface area contributed by atoms with E-state index in [1.165, 1.54) is 6.42 Å². The highest BCUT2D eigenvalue weighted by atomic mass is 16.5. The lowest BCUT2D eigenvalue weighted by molar-refractivity contribution is 0.215. The van der Waals surface area contributed by atoms with Gasteiger partial charge in [0.1, 0.15) is 0 Å².